The molecule has 1 aromatic rings. The molecule has 0 aliphatic heterocycles. The van der Waals surface area contributed by atoms with Crippen molar-refractivity contribution in [2.45, 2.75) is 0 Å². The molecule has 0 bridgehead atoms. The number of aromatic amines is 2. The van der Waals surface area contributed by atoms with E-state index in [2.05, 4.69) is 14.7 Å². The SMILES string of the molecule is O=c1[nH][nH]cc1O[P+](=O)O. The Morgan fingerprint density at radius 2 is 2.40 bits per heavy atom. The topological polar surface area (TPSA) is 95.2 Å². The number of hydrogen-bond acceptors (Lipinski definition) is 3. The van der Waals surface area contributed by atoms with Crippen LogP contribution in [0.15, 0.2) is 11.0 Å². The molecule has 0 spiro atoms. The van der Waals surface area contributed by atoms with Gasteiger partial charge in [-0.15, -0.1) is 4.89 Å². The van der Waals surface area contributed by atoms with Gasteiger partial charge in [0.1, 0.15) is 0 Å². The van der Waals surface area contributed by atoms with Crippen molar-refractivity contribution in [1.82, 2.24) is 10.2 Å². The van der Waals surface area contributed by atoms with Gasteiger partial charge in [0, 0.05) is 4.57 Å². The predicted octanol–water partition coefficient (Wildman–Crippen LogP) is -0.269. The zero-order valence-electron chi connectivity index (χ0n) is 4.70. The molecule has 3 N–H and O–H groups in total. The van der Waals surface area contributed by atoms with Crippen molar-refractivity contribution in [2.75, 3.05) is 0 Å². The summed E-state index contributed by atoms with van der Waals surface area (Å²) in [6.45, 7) is 0. The van der Waals surface area contributed by atoms with Crippen LogP contribution in [0.2, 0.25) is 0 Å². The molecule has 0 radical (unpaired) electrons. The zero-order chi connectivity index (χ0) is 7.56. The fourth-order valence-electron chi connectivity index (χ4n) is 0.446. The summed E-state index contributed by atoms with van der Waals surface area (Å²) >= 11 is 0. The average molecular weight is 163 g/mol. The Morgan fingerprint density at radius 1 is 1.70 bits per heavy atom. The fourth-order valence-corrected chi connectivity index (χ4v) is 0.750. The Balaban J connectivity index is 2.85. The minimum Gasteiger partial charge on any atom is -0.301 e. The molecule has 10 heavy (non-hydrogen) atoms. The lowest BCUT2D eigenvalue weighted by atomic mass is 10.7. The van der Waals surface area contributed by atoms with Crippen molar-refractivity contribution in [3.05, 3.63) is 16.6 Å². The van der Waals surface area contributed by atoms with E-state index in [9.17, 15) is 9.36 Å². The van der Waals surface area contributed by atoms with Crippen molar-refractivity contribution < 1.29 is 14.0 Å². The van der Waals surface area contributed by atoms with E-state index < -0.39 is 13.8 Å². The highest BCUT2D eigenvalue weighted by Crippen LogP contribution is 2.16. The summed E-state index contributed by atoms with van der Waals surface area (Å²) < 4.78 is 14.2. The van der Waals surface area contributed by atoms with Crippen molar-refractivity contribution in [3.8, 4) is 5.75 Å². The minimum absolute atomic E-state index is 0.191. The molecule has 1 rings (SSSR count). The van der Waals surface area contributed by atoms with Gasteiger partial charge in [0.25, 0.3) is 5.75 Å². The molecule has 6 nitrogen and oxygen atoms in total. The van der Waals surface area contributed by atoms with E-state index in [-0.39, 0.29) is 5.75 Å². The first-order chi connectivity index (χ1) is 4.70. The second-order valence-electron chi connectivity index (χ2n) is 1.44. The van der Waals surface area contributed by atoms with E-state index in [4.69, 9.17) is 4.89 Å². The van der Waals surface area contributed by atoms with Crippen LogP contribution in [0.4, 0.5) is 0 Å². The van der Waals surface area contributed by atoms with Crippen LogP contribution in [0, 0.1) is 0 Å². The first-order valence-corrected chi connectivity index (χ1v) is 3.43. The van der Waals surface area contributed by atoms with Gasteiger partial charge in [-0.05, 0) is 0 Å². The highest BCUT2D eigenvalue weighted by atomic mass is 31.1. The molecule has 1 aromatic heterocycles. The summed E-state index contributed by atoms with van der Waals surface area (Å²) in [4.78, 5) is 18.7. The van der Waals surface area contributed by atoms with Crippen LogP contribution in [0.3, 0.4) is 0 Å². The second kappa shape index (κ2) is 2.64. The standard InChI is InChI=1S/C3H3N2O4P/c6-3-2(1-4-5-3)9-10(7)8/h1H,(H2-,4,5,6,7,8)/p+1. The molecule has 1 heterocycles. The van der Waals surface area contributed by atoms with Gasteiger partial charge in [0.2, 0.25) is 0 Å². The van der Waals surface area contributed by atoms with Crippen molar-refractivity contribution >= 4 is 8.25 Å². The van der Waals surface area contributed by atoms with Gasteiger partial charge in [-0.2, -0.15) is 0 Å². The summed E-state index contributed by atoms with van der Waals surface area (Å²) in [5, 5.41) is 4.43. The minimum atomic E-state index is -2.76. The average Bonchev–Trinajstić information content (AvgIpc) is 2.15. The maximum atomic E-state index is 10.5. The lowest BCUT2D eigenvalue weighted by molar-refractivity contribution is 0.409. The monoisotopic (exact) mass is 163 g/mol. The second-order valence-corrected chi connectivity index (χ2v) is 2.09. The third-order valence-electron chi connectivity index (χ3n) is 0.789. The van der Waals surface area contributed by atoms with Crippen LogP contribution in [-0.4, -0.2) is 15.1 Å². The maximum absolute atomic E-state index is 10.5. The largest absolute Gasteiger partial charge is 0.747 e. The Hall–Kier alpha value is -1.13. The van der Waals surface area contributed by atoms with Gasteiger partial charge in [0.15, 0.2) is 0 Å². The quantitative estimate of drug-likeness (QED) is 0.523. The maximum Gasteiger partial charge on any atom is 0.747 e. The number of H-pyrrole nitrogens is 2. The van der Waals surface area contributed by atoms with E-state index in [0.717, 1.165) is 6.20 Å². The molecular formula is C3H4N2O4P+. The molecule has 54 valence electrons. The Morgan fingerprint density at radius 3 is 2.80 bits per heavy atom. The molecule has 0 amide bonds. The molecule has 7 heteroatoms. The molecule has 0 aliphatic rings. The molecule has 1 atom stereocenters. The van der Waals surface area contributed by atoms with Gasteiger partial charge < -0.3 is 5.10 Å². The van der Waals surface area contributed by atoms with Crippen LogP contribution >= 0.6 is 8.25 Å². The van der Waals surface area contributed by atoms with E-state index in [0.29, 0.717) is 0 Å². The summed E-state index contributed by atoms with van der Waals surface area (Å²) in [5.41, 5.74) is -0.558. The lowest BCUT2D eigenvalue weighted by Gasteiger charge is -1.74. The van der Waals surface area contributed by atoms with Crippen molar-refractivity contribution in [3.63, 3.8) is 0 Å². The fraction of sp³-hybridized carbons (Fsp3) is 0. The highest BCUT2D eigenvalue weighted by molar-refractivity contribution is 7.32. The van der Waals surface area contributed by atoms with Gasteiger partial charge in [-0.25, -0.2) is 4.52 Å². The van der Waals surface area contributed by atoms with Crippen LogP contribution in [-0.2, 0) is 4.57 Å². The first kappa shape index (κ1) is 6.98. The molecule has 0 saturated heterocycles. The third kappa shape index (κ3) is 1.43. The van der Waals surface area contributed by atoms with E-state index in [1.807, 2.05) is 0 Å². The molecule has 0 fully saturated rings. The van der Waals surface area contributed by atoms with Crippen LogP contribution in [0.5, 0.6) is 5.75 Å². The predicted molar refractivity (Wildman–Crippen MR) is 31.9 cm³/mol. The summed E-state index contributed by atoms with van der Waals surface area (Å²) in [6.07, 6.45) is 1.16. The number of aromatic nitrogens is 2. The Kier molecular flexibility index (Phi) is 1.84. The first-order valence-electron chi connectivity index (χ1n) is 2.30. The third-order valence-corrected chi connectivity index (χ3v) is 1.14. The van der Waals surface area contributed by atoms with E-state index >= 15 is 0 Å². The highest BCUT2D eigenvalue weighted by Gasteiger charge is 2.17. The Labute approximate surface area is 55.8 Å². The van der Waals surface area contributed by atoms with Gasteiger partial charge in [-0.3, -0.25) is 9.89 Å². The van der Waals surface area contributed by atoms with Crippen LogP contribution in [0.1, 0.15) is 0 Å². The zero-order valence-corrected chi connectivity index (χ0v) is 5.59. The molecule has 0 saturated carbocycles. The Bertz CT molecular complexity index is 289. The van der Waals surface area contributed by atoms with Crippen LogP contribution < -0.4 is 10.1 Å². The van der Waals surface area contributed by atoms with Gasteiger partial charge in [-0.1, -0.05) is 0 Å². The normalized spacial score (nSPS) is 11.1. The van der Waals surface area contributed by atoms with Gasteiger partial charge in [0.05, 0.1) is 6.20 Å². The number of hydrogen-bond donors (Lipinski definition) is 3. The summed E-state index contributed by atoms with van der Waals surface area (Å²) in [6, 6.07) is 0. The molecule has 0 aliphatic carbocycles. The lowest BCUT2D eigenvalue weighted by Crippen LogP contribution is -2.00. The van der Waals surface area contributed by atoms with E-state index in [1.165, 1.54) is 0 Å². The molecule has 1 unspecified atom stereocenters. The van der Waals surface area contributed by atoms with Crippen molar-refractivity contribution in [2.24, 2.45) is 0 Å². The summed E-state index contributed by atoms with van der Waals surface area (Å²) in [5.74, 6) is -0.191. The summed E-state index contributed by atoms with van der Waals surface area (Å²) in [7, 11) is -2.76. The number of nitrogens with one attached hydrogen (secondary N) is 2. The van der Waals surface area contributed by atoms with Crippen molar-refractivity contribution in [1.29, 1.82) is 0 Å². The number of rotatable bonds is 2. The molecular weight excluding hydrogens is 159 g/mol. The molecule has 0 aromatic carbocycles. The smallest absolute Gasteiger partial charge is 0.301 e. The van der Waals surface area contributed by atoms with E-state index in [1.54, 1.807) is 0 Å². The van der Waals surface area contributed by atoms with Crippen LogP contribution in [0.25, 0.3) is 0 Å². The van der Waals surface area contributed by atoms with Gasteiger partial charge >= 0.3 is 13.8 Å².